The van der Waals surface area contributed by atoms with E-state index in [9.17, 15) is 29.0 Å². The molecule has 0 radical (unpaired) electrons. The number of anilines is 1. The van der Waals surface area contributed by atoms with Crippen LogP contribution in [0.25, 0.3) is 5.52 Å². The van der Waals surface area contributed by atoms with Gasteiger partial charge in [-0.1, -0.05) is 26.7 Å². The molecule has 20 heteroatoms. The third-order valence-corrected chi connectivity index (χ3v) is 9.13. The van der Waals surface area contributed by atoms with Crippen LogP contribution < -0.4 is 10.8 Å². The maximum absolute atomic E-state index is 14.1. The molecule has 276 valence electrons. The van der Waals surface area contributed by atoms with E-state index in [1.54, 1.807) is 13.8 Å². The van der Waals surface area contributed by atoms with Crippen molar-refractivity contribution >= 4 is 43.1 Å². The third kappa shape index (κ3) is 9.88. The highest BCUT2D eigenvalue weighted by atomic mass is 31.2. The lowest BCUT2D eigenvalue weighted by molar-refractivity contribution is -0.166. The normalized spacial score (nSPS) is 22.0. The monoisotopic (exact) mass is 726 g/mol. The predicted octanol–water partition coefficient (Wildman–Crippen LogP) is 2.91. The topological polar surface area (TPSA) is 251 Å². The Bertz CT molecular complexity index is 1610. The highest BCUT2D eigenvalue weighted by molar-refractivity contribution is 7.51. The van der Waals surface area contributed by atoms with Crippen LogP contribution in [0.3, 0.4) is 0 Å². The molecule has 3 rings (SSSR count). The van der Waals surface area contributed by atoms with Crippen molar-refractivity contribution in [2.75, 3.05) is 25.7 Å². The van der Waals surface area contributed by atoms with Crippen molar-refractivity contribution in [2.24, 2.45) is 5.92 Å². The molecule has 3 heterocycles. The molecule has 1 fully saturated rings. The van der Waals surface area contributed by atoms with Gasteiger partial charge in [-0.3, -0.25) is 23.4 Å². The van der Waals surface area contributed by atoms with Gasteiger partial charge in [-0.15, -0.1) is 0 Å². The standard InChI is InChI=1S/C30H43N6O13P/c1-8-21(9-2)12-42-28(39)18(5)35-50(41,45-16-43-29(40)46-17(3)4)44-13-23-25(47-19(6)37)26(48-20(7)38)30(14-31,49-23)24-11-10-22-27(32)33-15-34-36(22)24/h10-11,15,17-18,21,23,25-26H,8-9,12-13,16H2,1-7H3,(H,35,41)(H2,32,33,34)/t18-,23+,25+,26+,30-,50+/m0/s1. The van der Waals surface area contributed by atoms with Gasteiger partial charge in [0.25, 0.3) is 0 Å². The fourth-order valence-corrected chi connectivity index (χ4v) is 6.30. The van der Waals surface area contributed by atoms with Crippen molar-refractivity contribution in [1.29, 1.82) is 5.26 Å². The second-order valence-corrected chi connectivity index (χ2v) is 13.3. The fraction of sp³-hybridized carbons (Fsp3) is 0.633. The number of hydrogen-bond donors (Lipinski definition) is 2. The molecule has 0 unspecified atom stereocenters. The van der Waals surface area contributed by atoms with Crippen LogP contribution in [-0.2, 0) is 62.0 Å². The molecule has 1 saturated heterocycles. The molecule has 0 saturated carbocycles. The van der Waals surface area contributed by atoms with E-state index in [1.807, 2.05) is 19.9 Å². The first kappa shape index (κ1) is 40.1. The van der Waals surface area contributed by atoms with E-state index in [-0.39, 0.29) is 29.6 Å². The van der Waals surface area contributed by atoms with Crippen LogP contribution in [0.4, 0.5) is 10.6 Å². The second kappa shape index (κ2) is 17.5. The zero-order chi connectivity index (χ0) is 37.2. The van der Waals surface area contributed by atoms with Gasteiger partial charge < -0.3 is 34.2 Å². The average molecular weight is 727 g/mol. The SMILES string of the molecule is CCC(CC)COC(=O)[C@H](C)N[P@](=O)(OCOC(=O)OC(C)C)OC[C@H]1O[C@@](C#N)(c2ccc3c(N)ncnn23)[C@H](OC(C)=O)[C@@H]1OC(C)=O. The van der Waals surface area contributed by atoms with Crippen molar-refractivity contribution in [1.82, 2.24) is 19.7 Å². The number of fused-ring (bicyclic) bond motifs is 1. The first-order valence-corrected chi connectivity index (χ1v) is 17.3. The Balaban J connectivity index is 1.96. The molecule has 50 heavy (non-hydrogen) atoms. The molecule has 6 atom stereocenters. The number of nitrogen functional groups attached to an aromatic ring is 1. The lowest BCUT2D eigenvalue weighted by Crippen LogP contribution is -2.45. The Morgan fingerprint density at radius 3 is 2.38 bits per heavy atom. The van der Waals surface area contributed by atoms with Crippen LogP contribution in [0.1, 0.15) is 67.0 Å². The molecule has 0 spiro atoms. The molecule has 0 aromatic carbocycles. The van der Waals surface area contributed by atoms with Gasteiger partial charge in [0.15, 0.2) is 18.0 Å². The smallest absolute Gasteiger partial charge is 0.464 e. The molecule has 1 aliphatic rings. The first-order valence-electron chi connectivity index (χ1n) is 15.8. The summed E-state index contributed by atoms with van der Waals surface area (Å²) in [5.74, 6) is -2.30. The van der Waals surface area contributed by atoms with Crippen LogP contribution >= 0.6 is 7.75 Å². The number of ether oxygens (including phenoxy) is 6. The minimum absolute atomic E-state index is 0.0263. The van der Waals surface area contributed by atoms with Crippen molar-refractivity contribution in [3.8, 4) is 6.07 Å². The zero-order valence-corrected chi connectivity index (χ0v) is 29.7. The molecule has 3 N–H and O–H groups in total. The third-order valence-electron chi connectivity index (χ3n) is 7.49. The van der Waals surface area contributed by atoms with Crippen LogP contribution in [0.2, 0.25) is 0 Å². The molecule has 2 aromatic rings. The molecule has 0 bridgehead atoms. The summed E-state index contributed by atoms with van der Waals surface area (Å²) in [7, 11) is -4.63. The van der Waals surface area contributed by atoms with Crippen LogP contribution in [-0.4, -0.2) is 89.1 Å². The van der Waals surface area contributed by atoms with Gasteiger partial charge in [-0.2, -0.15) is 10.4 Å². The summed E-state index contributed by atoms with van der Waals surface area (Å²) in [6.45, 7) is 8.98. The Kier molecular flexibility index (Phi) is 14.1. The largest absolute Gasteiger partial charge is 0.510 e. The van der Waals surface area contributed by atoms with Crippen LogP contribution in [0, 0.1) is 17.2 Å². The first-order chi connectivity index (χ1) is 23.6. The number of carbonyl (C=O) groups excluding carboxylic acids is 4. The van der Waals surface area contributed by atoms with E-state index in [2.05, 4.69) is 15.2 Å². The number of nitrogens with one attached hydrogen (secondary N) is 1. The summed E-state index contributed by atoms with van der Waals surface area (Å²) < 4.78 is 58.5. The van der Waals surface area contributed by atoms with E-state index in [0.717, 1.165) is 33.0 Å². The quantitative estimate of drug-likeness (QED) is 0.103. The molecule has 1 aliphatic heterocycles. The Labute approximate surface area is 288 Å². The molecule has 19 nitrogen and oxygen atoms in total. The Morgan fingerprint density at radius 2 is 1.78 bits per heavy atom. The van der Waals surface area contributed by atoms with E-state index in [1.165, 1.54) is 23.6 Å². The van der Waals surface area contributed by atoms with E-state index >= 15 is 0 Å². The van der Waals surface area contributed by atoms with Crippen molar-refractivity contribution in [3.63, 3.8) is 0 Å². The number of nitriles is 1. The predicted molar refractivity (Wildman–Crippen MR) is 171 cm³/mol. The average Bonchev–Trinajstić information content (AvgIpc) is 3.60. The summed E-state index contributed by atoms with van der Waals surface area (Å²) in [6.07, 6.45) is -3.59. The van der Waals surface area contributed by atoms with E-state index in [0.29, 0.717) is 0 Å². The lowest BCUT2D eigenvalue weighted by Gasteiger charge is -2.28. The van der Waals surface area contributed by atoms with Crippen LogP contribution in [0.15, 0.2) is 18.5 Å². The molecule has 2 aromatic heterocycles. The maximum atomic E-state index is 14.1. The summed E-state index contributed by atoms with van der Waals surface area (Å²) in [5.41, 5.74) is 4.10. The number of nitrogens with two attached hydrogens (primary N) is 1. The second-order valence-electron chi connectivity index (χ2n) is 11.5. The minimum atomic E-state index is -4.63. The van der Waals surface area contributed by atoms with Gasteiger partial charge >= 0.3 is 31.8 Å². The number of hydrogen-bond acceptors (Lipinski definition) is 17. The Hall–Kier alpha value is -4.34. The lowest BCUT2D eigenvalue weighted by atomic mass is 9.92. The summed E-state index contributed by atoms with van der Waals surface area (Å²) in [6, 6.07) is 3.67. The fourth-order valence-electron chi connectivity index (χ4n) is 4.97. The minimum Gasteiger partial charge on any atom is -0.464 e. The zero-order valence-electron chi connectivity index (χ0n) is 28.9. The van der Waals surface area contributed by atoms with Crippen molar-refractivity contribution in [2.45, 2.75) is 97.4 Å². The van der Waals surface area contributed by atoms with E-state index < -0.39 is 81.3 Å². The van der Waals surface area contributed by atoms with Crippen molar-refractivity contribution < 1.29 is 61.2 Å². The van der Waals surface area contributed by atoms with Gasteiger partial charge in [-0.05, 0) is 38.8 Å². The molecule has 0 aliphatic carbocycles. The van der Waals surface area contributed by atoms with E-state index in [4.69, 9.17) is 43.2 Å². The number of rotatable bonds is 17. The summed E-state index contributed by atoms with van der Waals surface area (Å²) in [5, 5.41) is 17.2. The van der Waals surface area contributed by atoms with Gasteiger partial charge in [0, 0.05) is 13.8 Å². The summed E-state index contributed by atoms with van der Waals surface area (Å²) >= 11 is 0. The molecule has 0 amide bonds. The van der Waals surface area contributed by atoms with Gasteiger partial charge in [-0.25, -0.2) is 23.9 Å². The number of esters is 3. The number of aromatic nitrogens is 3. The molecular formula is C30H43N6O13P. The molecular weight excluding hydrogens is 683 g/mol. The highest BCUT2D eigenvalue weighted by Gasteiger charge is 2.62. The summed E-state index contributed by atoms with van der Waals surface area (Å²) in [4.78, 5) is 53.3. The van der Waals surface area contributed by atoms with Crippen molar-refractivity contribution in [3.05, 3.63) is 24.2 Å². The number of carbonyl (C=O) groups is 4. The van der Waals surface area contributed by atoms with Crippen LogP contribution in [0.5, 0.6) is 0 Å². The maximum Gasteiger partial charge on any atom is 0.510 e. The Morgan fingerprint density at radius 1 is 1.10 bits per heavy atom. The number of nitrogens with zero attached hydrogens (tertiary/aromatic N) is 4. The highest BCUT2D eigenvalue weighted by Crippen LogP contribution is 2.48. The van der Waals surface area contributed by atoms with Gasteiger partial charge in [0.2, 0.25) is 12.4 Å². The van der Waals surface area contributed by atoms with Gasteiger partial charge in [0.05, 0.1) is 25.0 Å². The van der Waals surface area contributed by atoms with Gasteiger partial charge in [0.1, 0.15) is 30.1 Å².